The van der Waals surface area contributed by atoms with Crippen LogP contribution in [0.2, 0.25) is 0 Å². The molecule has 0 saturated carbocycles. The van der Waals surface area contributed by atoms with Gasteiger partial charge < -0.3 is 0 Å². The van der Waals surface area contributed by atoms with E-state index in [-0.39, 0.29) is 16.9 Å². The fourth-order valence-electron chi connectivity index (χ4n) is 2.32. The number of nitriles is 1. The van der Waals surface area contributed by atoms with Gasteiger partial charge in [0.25, 0.3) is 11.4 Å². The van der Waals surface area contributed by atoms with Crippen LogP contribution in [0.15, 0.2) is 53.9 Å². The lowest BCUT2D eigenvalue weighted by Gasteiger charge is -1.97. The Kier molecular flexibility index (Phi) is 5.01. The first kappa shape index (κ1) is 17.9. The zero-order chi connectivity index (χ0) is 19.4. The van der Waals surface area contributed by atoms with Crippen molar-refractivity contribution in [1.82, 2.24) is 4.98 Å². The van der Waals surface area contributed by atoms with Gasteiger partial charge in [0.05, 0.1) is 21.1 Å². The maximum absolute atomic E-state index is 10.9. The van der Waals surface area contributed by atoms with Gasteiger partial charge in [-0.1, -0.05) is 12.1 Å². The van der Waals surface area contributed by atoms with Crippen LogP contribution in [0, 0.1) is 31.6 Å². The van der Waals surface area contributed by atoms with E-state index in [9.17, 15) is 25.5 Å². The lowest BCUT2D eigenvalue weighted by molar-refractivity contribution is -0.385. The van der Waals surface area contributed by atoms with Gasteiger partial charge in [-0.25, -0.2) is 4.98 Å². The van der Waals surface area contributed by atoms with Crippen LogP contribution < -0.4 is 0 Å². The van der Waals surface area contributed by atoms with Gasteiger partial charge in [0.1, 0.15) is 11.1 Å². The highest BCUT2D eigenvalue weighted by Gasteiger charge is 2.12. The van der Waals surface area contributed by atoms with Crippen molar-refractivity contribution in [3.63, 3.8) is 0 Å². The first-order valence-electron chi connectivity index (χ1n) is 7.55. The van der Waals surface area contributed by atoms with Gasteiger partial charge in [-0.15, -0.1) is 11.3 Å². The van der Waals surface area contributed by atoms with Gasteiger partial charge in [0.2, 0.25) is 0 Å². The van der Waals surface area contributed by atoms with E-state index >= 15 is 0 Å². The molecular weight excluding hydrogens is 368 g/mol. The highest BCUT2D eigenvalue weighted by Crippen LogP contribution is 2.28. The number of nitrogens with zero attached hydrogens (tertiary/aromatic N) is 4. The monoisotopic (exact) mass is 378 g/mol. The highest BCUT2D eigenvalue weighted by molar-refractivity contribution is 7.11. The van der Waals surface area contributed by atoms with E-state index < -0.39 is 9.85 Å². The molecule has 0 amide bonds. The Morgan fingerprint density at radius 2 is 1.78 bits per heavy atom. The van der Waals surface area contributed by atoms with Crippen LogP contribution in [0.1, 0.15) is 10.6 Å². The van der Waals surface area contributed by atoms with E-state index in [1.54, 1.807) is 29.6 Å². The minimum absolute atomic E-state index is 0.0162. The molecule has 0 bridgehead atoms. The third-order valence-electron chi connectivity index (χ3n) is 3.62. The summed E-state index contributed by atoms with van der Waals surface area (Å²) in [6.07, 6.45) is 1.53. The van der Waals surface area contributed by atoms with Crippen molar-refractivity contribution in [2.24, 2.45) is 0 Å². The molecule has 0 N–H and O–H groups in total. The molecule has 0 fully saturated rings. The summed E-state index contributed by atoms with van der Waals surface area (Å²) in [5.74, 6) is 0. The predicted octanol–water partition coefficient (Wildman–Crippen LogP) is 4.69. The predicted molar refractivity (Wildman–Crippen MR) is 101 cm³/mol. The van der Waals surface area contributed by atoms with Crippen molar-refractivity contribution < 1.29 is 9.85 Å². The molecule has 9 heteroatoms. The van der Waals surface area contributed by atoms with Gasteiger partial charge in [-0.2, -0.15) is 5.26 Å². The van der Waals surface area contributed by atoms with Crippen LogP contribution in [0.5, 0.6) is 0 Å². The van der Waals surface area contributed by atoms with Crippen LogP contribution in [0.25, 0.3) is 22.9 Å². The largest absolute Gasteiger partial charge is 0.270 e. The molecule has 0 spiro atoms. The normalized spacial score (nSPS) is 11.0. The Hall–Kier alpha value is -3.90. The smallest absolute Gasteiger partial charge is 0.258 e. The minimum atomic E-state index is -0.501. The fraction of sp³-hybridized carbons (Fsp3) is 0. The molecule has 2 aromatic carbocycles. The van der Waals surface area contributed by atoms with Crippen LogP contribution >= 0.6 is 11.3 Å². The quantitative estimate of drug-likeness (QED) is 0.360. The van der Waals surface area contributed by atoms with Crippen molar-refractivity contribution in [1.29, 1.82) is 5.26 Å². The average Bonchev–Trinajstić information content (AvgIpc) is 3.16. The molecule has 0 unspecified atom stereocenters. The molecule has 0 aliphatic rings. The van der Waals surface area contributed by atoms with Crippen LogP contribution in [-0.4, -0.2) is 14.8 Å². The first-order valence-corrected chi connectivity index (χ1v) is 8.43. The summed E-state index contributed by atoms with van der Waals surface area (Å²) in [4.78, 5) is 25.0. The molecule has 0 aliphatic carbocycles. The van der Waals surface area contributed by atoms with Crippen LogP contribution in [0.3, 0.4) is 0 Å². The van der Waals surface area contributed by atoms with E-state index in [2.05, 4.69) is 11.1 Å². The maximum Gasteiger partial charge on any atom is 0.270 e. The van der Waals surface area contributed by atoms with Crippen molar-refractivity contribution in [3.8, 4) is 17.3 Å². The lowest BCUT2D eigenvalue weighted by atomic mass is 10.1. The number of non-ortho nitro benzene ring substituents is 2. The summed E-state index contributed by atoms with van der Waals surface area (Å²) >= 11 is 1.25. The molecule has 1 heterocycles. The van der Waals surface area contributed by atoms with Gasteiger partial charge >= 0.3 is 0 Å². The Labute approximate surface area is 157 Å². The Morgan fingerprint density at radius 3 is 2.41 bits per heavy atom. The van der Waals surface area contributed by atoms with E-state index in [1.165, 1.54) is 41.7 Å². The lowest BCUT2D eigenvalue weighted by Crippen LogP contribution is -1.88. The summed E-state index contributed by atoms with van der Waals surface area (Å²) < 4.78 is 0. The molecule has 27 heavy (non-hydrogen) atoms. The molecule has 0 atom stereocenters. The Morgan fingerprint density at radius 1 is 1.07 bits per heavy atom. The molecule has 0 saturated heterocycles. The molecular formula is C18H10N4O4S. The van der Waals surface area contributed by atoms with Gasteiger partial charge in [0, 0.05) is 35.2 Å². The third kappa shape index (κ3) is 4.02. The molecule has 3 aromatic rings. The number of hydrogen-bond acceptors (Lipinski definition) is 7. The number of benzene rings is 2. The van der Waals surface area contributed by atoms with Gasteiger partial charge in [-0.05, 0) is 23.8 Å². The SMILES string of the molecule is N#CC(=Cc1cccc([N+](=O)[O-])c1)c1nc(-c2ccc([N+](=O)[O-])cc2)cs1. The van der Waals surface area contributed by atoms with Crippen molar-refractivity contribution >= 4 is 34.4 Å². The van der Waals surface area contributed by atoms with Gasteiger partial charge in [0.15, 0.2) is 0 Å². The fourth-order valence-corrected chi connectivity index (χ4v) is 3.12. The highest BCUT2D eigenvalue weighted by atomic mass is 32.1. The zero-order valence-electron chi connectivity index (χ0n) is 13.6. The average molecular weight is 378 g/mol. The number of rotatable bonds is 5. The number of thiazole rings is 1. The molecule has 0 radical (unpaired) electrons. The van der Waals surface area contributed by atoms with Gasteiger partial charge in [-0.3, -0.25) is 20.2 Å². The van der Waals surface area contributed by atoms with E-state index in [1.807, 2.05) is 0 Å². The first-order chi connectivity index (χ1) is 13.0. The Balaban J connectivity index is 1.91. The maximum atomic E-state index is 10.9. The second-order valence-electron chi connectivity index (χ2n) is 5.36. The summed E-state index contributed by atoms with van der Waals surface area (Å²) in [6, 6.07) is 14.0. The topological polar surface area (TPSA) is 123 Å². The molecule has 8 nitrogen and oxygen atoms in total. The Bertz CT molecular complexity index is 1100. The van der Waals surface area contributed by atoms with Crippen molar-refractivity contribution in [2.45, 2.75) is 0 Å². The molecule has 0 aliphatic heterocycles. The van der Waals surface area contributed by atoms with Crippen LogP contribution in [-0.2, 0) is 0 Å². The summed E-state index contributed by atoms with van der Waals surface area (Å²) in [5, 5.41) is 33.2. The summed E-state index contributed by atoms with van der Waals surface area (Å²) in [6.45, 7) is 0. The van der Waals surface area contributed by atoms with E-state index in [0.717, 1.165) is 0 Å². The zero-order valence-corrected chi connectivity index (χ0v) is 14.4. The second kappa shape index (κ2) is 7.55. The molecule has 132 valence electrons. The third-order valence-corrected chi connectivity index (χ3v) is 4.50. The number of nitro groups is 2. The molecule has 1 aromatic heterocycles. The summed E-state index contributed by atoms with van der Waals surface area (Å²) in [7, 11) is 0. The summed E-state index contributed by atoms with van der Waals surface area (Å²) in [5.41, 5.74) is 1.99. The second-order valence-corrected chi connectivity index (χ2v) is 6.22. The number of hydrogen-bond donors (Lipinski definition) is 0. The van der Waals surface area contributed by atoms with Crippen molar-refractivity contribution in [2.75, 3.05) is 0 Å². The number of nitro benzene ring substituents is 2. The van der Waals surface area contributed by atoms with Crippen LogP contribution in [0.4, 0.5) is 11.4 Å². The molecule has 3 rings (SSSR count). The number of allylic oxidation sites excluding steroid dienone is 1. The van der Waals surface area contributed by atoms with E-state index in [4.69, 9.17) is 0 Å². The standard InChI is InChI=1S/C18H10N4O4S/c19-10-14(8-12-2-1-3-16(9-12)22(25)26)18-20-17(11-27-18)13-4-6-15(7-5-13)21(23)24/h1-9,11H. The van der Waals surface area contributed by atoms with Crippen molar-refractivity contribution in [3.05, 3.63) is 84.7 Å². The number of aromatic nitrogens is 1. The van der Waals surface area contributed by atoms with E-state index in [0.29, 0.717) is 21.8 Å². The minimum Gasteiger partial charge on any atom is -0.258 e.